The Labute approximate surface area is 206 Å². The van der Waals surface area contributed by atoms with Gasteiger partial charge in [-0.05, 0) is 60.4 Å². The van der Waals surface area contributed by atoms with Crippen molar-refractivity contribution in [3.63, 3.8) is 0 Å². The third-order valence-corrected chi connectivity index (χ3v) is 5.59. The summed E-state index contributed by atoms with van der Waals surface area (Å²) in [6.45, 7) is 2.78. The highest BCUT2D eigenvalue weighted by Crippen LogP contribution is 2.28. The van der Waals surface area contributed by atoms with E-state index in [1.54, 1.807) is 12.1 Å². The van der Waals surface area contributed by atoms with E-state index in [0.29, 0.717) is 12.2 Å². The molecule has 0 bridgehead atoms. The van der Waals surface area contributed by atoms with Gasteiger partial charge < -0.3 is 19.9 Å². The Bertz CT molecular complexity index is 1050. The van der Waals surface area contributed by atoms with Gasteiger partial charge in [0.25, 0.3) is 5.91 Å². The highest BCUT2D eigenvalue weighted by atomic mass is 16.5. The fraction of sp³-hybridized carbons (Fsp3) is 0.310. The molecule has 0 saturated carbocycles. The van der Waals surface area contributed by atoms with Crippen molar-refractivity contribution in [2.75, 3.05) is 6.54 Å². The zero-order valence-electron chi connectivity index (χ0n) is 20.1. The molecule has 0 saturated heterocycles. The first-order chi connectivity index (χ1) is 17.0. The molecule has 2 N–H and O–H groups in total. The Kier molecular flexibility index (Phi) is 10.2. The van der Waals surface area contributed by atoms with Crippen LogP contribution >= 0.6 is 0 Å². The molecule has 1 atom stereocenters. The van der Waals surface area contributed by atoms with Gasteiger partial charge in [-0.15, -0.1) is 0 Å². The predicted octanol–water partition coefficient (Wildman–Crippen LogP) is 6.17. The molecule has 184 valence electrons. The van der Waals surface area contributed by atoms with Crippen LogP contribution in [0.15, 0.2) is 78.9 Å². The van der Waals surface area contributed by atoms with Crippen molar-refractivity contribution < 1.29 is 24.2 Å². The van der Waals surface area contributed by atoms with Crippen LogP contribution in [0.25, 0.3) is 0 Å². The highest BCUT2D eigenvalue weighted by Gasteiger charge is 2.15. The van der Waals surface area contributed by atoms with E-state index < -0.39 is 5.97 Å². The summed E-state index contributed by atoms with van der Waals surface area (Å²) in [5.74, 6) is 0.312. The smallest absolute Gasteiger partial charge is 0.305 e. The first-order valence-corrected chi connectivity index (χ1v) is 12.1. The van der Waals surface area contributed by atoms with Gasteiger partial charge >= 0.3 is 5.97 Å². The van der Waals surface area contributed by atoms with Crippen LogP contribution in [-0.4, -0.2) is 23.5 Å². The Morgan fingerprint density at radius 1 is 0.886 bits per heavy atom. The Morgan fingerprint density at radius 2 is 1.57 bits per heavy atom. The van der Waals surface area contributed by atoms with E-state index in [1.165, 1.54) is 0 Å². The molecule has 1 amide bonds. The van der Waals surface area contributed by atoms with Crippen molar-refractivity contribution in [3.8, 4) is 11.5 Å². The lowest BCUT2D eigenvalue weighted by atomic mass is 10.0. The van der Waals surface area contributed by atoms with Gasteiger partial charge in [-0.2, -0.15) is 0 Å². The quantitative estimate of drug-likeness (QED) is 0.272. The summed E-state index contributed by atoms with van der Waals surface area (Å²) in [5.41, 5.74) is 2.60. The lowest BCUT2D eigenvalue weighted by Gasteiger charge is -2.20. The number of aliphatic carboxylic acids is 1. The minimum absolute atomic E-state index is 0.101. The molecule has 6 nitrogen and oxygen atoms in total. The number of ether oxygens (including phenoxy) is 2. The van der Waals surface area contributed by atoms with Crippen LogP contribution in [0.3, 0.4) is 0 Å². The van der Waals surface area contributed by atoms with E-state index in [4.69, 9.17) is 14.6 Å². The molecule has 3 aromatic rings. The molecule has 3 rings (SSSR count). The van der Waals surface area contributed by atoms with E-state index in [0.717, 1.165) is 48.3 Å². The Hall–Kier alpha value is -3.80. The molecule has 1 unspecified atom stereocenters. The van der Waals surface area contributed by atoms with E-state index >= 15 is 0 Å². The maximum Gasteiger partial charge on any atom is 0.305 e. The molecule has 0 aromatic heterocycles. The number of carbonyl (C=O) groups excluding carboxylic acids is 1. The van der Waals surface area contributed by atoms with Crippen molar-refractivity contribution in [3.05, 3.63) is 95.6 Å². The third kappa shape index (κ3) is 8.81. The lowest BCUT2D eigenvalue weighted by molar-refractivity contribution is -0.136. The number of carboxylic acids is 1. The fourth-order valence-electron chi connectivity index (χ4n) is 3.63. The normalized spacial score (nSPS) is 11.5. The number of hydrogen-bond donors (Lipinski definition) is 2. The second kappa shape index (κ2) is 13.8. The molecule has 0 aliphatic heterocycles. The van der Waals surface area contributed by atoms with Crippen molar-refractivity contribution in [1.29, 1.82) is 0 Å². The SMILES string of the molecule is CCCCCC(Oc1ccc(OCc2ccccc2)cc1)c1ccc(C(=O)NCCC(=O)O)cc1. The third-order valence-electron chi connectivity index (χ3n) is 5.59. The molecule has 0 fully saturated rings. The average molecular weight is 476 g/mol. The lowest BCUT2D eigenvalue weighted by Crippen LogP contribution is -2.26. The number of carboxylic acid groups (broad SMARTS) is 1. The molecule has 0 aliphatic rings. The monoisotopic (exact) mass is 475 g/mol. The van der Waals surface area contributed by atoms with E-state index in [-0.39, 0.29) is 25.0 Å². The highest BCUT2D eigenvalue weighted by molar-refractivity contribution is 5.94. The summed E-state index contributed by atoms with van der Waals surface area (Å²) in [6.07, 6.45) is 3.90. The van der Waals surface area contributed by atoms with Crippen LogP contribution in [0.5, 0.6) is 11.5 Å². The van der Waals surface area contributed by atoms with Gasteiger partial charge in [-0.25, -0.2) is 0 Å². The summed E-state index contributed by atoms with van der Waals surface area (Å²) in [4.78, 5) is 22.9. The first-order valence-electron chi connectivity index (χ1n) is 12.1. The number of nitrogens with one attached hydrogen (secondary N) is 1. The molecular formula is C29H33NO5. The van der Waals surface area contributed by atoms with E-state index in [9.17, 15) is 9.59 Å². The molecule has 0 heterocycles. The topological polar surface area (TPSA) is 84.9 Å². The van der Waals surface area contributed by atoms with Crippen LogP contribution in [-0.2, 0) is 11.4 Å². The van der Waals surface area contributed by atoms with Crippen molar-refractivity contribution in [1.82, 2.24) is 5.32 Å². The van der Waals surface area contributed by atoms with Gasteiger partial charge in [0.1, 0.15) is 24.2 Å². The van der Waals surface area contributed by atoms with Crippen LogP contribution < -0.4 is 14.8 Å². The second-order valence-corrected chi connectivity index (χ2v) is 8.37. The van der Waals surface area contributed by atoms with E-state index in [1.807, 2.05) is 66.7 Å². The maximum absolute atomic E-state index is 12.2. The standard InChI is InChI=1S/C29H33NO5/c1-2-3-5-10-27(23-11-13-24(14-12-23)29(33)30-20-19-28(31)32)35-26-17-15-25(16-18-26)34-21-22-8-6-4-7-9-22/h4,6-9,11-18,27H,2-3,5,10,19-21H2,1H3,(H,30,33)(H,31,32). The second-order valence-electron chi connectivity index (χ2n) is 8.37. The van der Waals surface area contributed by atoms with Gasteiger partial charge in [0, 0.05) is 12.1 Å². The van der Waals surface area contributed by atoms with Gasteiger partial charge in [0.15, 0.2) is 0 Å². The van der Waals surface area contributed by atoms with Crippen LogP contribution in [0.4, 0.5) is 0 Å². The van der Waals surface area contributed by atoms with Crippen LogP contribution in [0, 0.1) is 0 Å². The molecule has 3 aromatic carbocycles. The number of unbranched alkanes of at least 4 members (excludes halogenated alkanes) is 2. The van der Waals surface area contributed by atoms with Crippen LogP contribution in [0.2, 0.25) is 0 Å². The minimum Gasteiger partial charge on any atom is -0.489 e. The predicted molar refractivity (Wildman–Crippen MR) is 136 cm³/mol. The van der Waals surface area contributed by atoms with E-state index in [2.05, 4.69) is 12.2 Å². The largest absolute Gasteiger partial charge is 0.489 e. The summed E-state index contributed by atoms with van der Waals surface area (Å²) in [6, 6.07) is 25.0. The molecule has 0 radical (unpaired) electrons. The maximum atomic E-state index is 12.2. The van der Waals surface area contributed by atoms with Crippen molar-refractivity contribution in [2.24, 2.45) is 0 Å². The zero-order valence-corrected chi connectivity index (χ0v) is 20.1. The Balaban J connectivity index is 1.61. The Morgan fingerprint density at radius 3 is 2.23 bits per heavy atom. The minimum atomic E-state index is -0.941. The summed E-state index contributed by atoms with van der Waals surface area (Å²) in [5, 5.41) is 11.3. The molecule has 0 spiro atoms. The van der Waals surface area contributed by atoms with Gasteiger partial charge in [0.05, 0.1) is 6.42 Å². The van der Waals surface area contributed by atoms with Crippen LogP contribution in [0.1, 0.15) is 66.6 Å². The molecular weight excluding hydrogens is 442 g/mol. The van der Waals surface area contributed by atoms with Gasteiger partial charge in [-0.3, -0.25) is 9.59 Å². The number of carbonyl (C=O) groups is 2. The van der Waals surface area contributed by atoms with Crippen molar-refractivity contribution >= 4 is 11.9 Å². The number of rotatable bonds is 14. The fourth-order valence-corrected chi connectivity index (χ4v) is 3.63. The number of benzene rings is 3. The summed E-state index contributed by atoms with van der Waals surface area (Å²) in [7, 11) is 0. The molecule has 35 heavy (non-hydrogen) atoms. The average Bonchev–Trinajstić information content (AvgIpc) is 2.88. The summed E-state index contributed by atoms with van der Waals surface area (Å²) < 4.78 is 12.2. The van der Waals surface area contributed by atoms with Crippen molar-refractivity contribution in [2.45, 2.75) is 51.7 Å². The van der Waals surface area contributed by atoms with Gasteiger partial charge in [0.2, 0.25) is 0 Å². The number of amides is 1. The first kappa shape index (κ1) is 25.8. The van der Waals surface area contributed by atoms with Gasteiger partial charge in [-0.1, -0.05) is 62.2 Å². The zero-order chi connectivity index (χ0) is 24.9. The molecule has 6 heteroatoms. The number of hydrogen-bond acceptors (Lipinski definition) is 4. The molecule has 0 aliphatic carbocycles. The summed E-state index contributed by atoms with van der Waals surface area (Å²) >= 11 is 0.